The predicted molar refractivity (Wildman–Crippen MR) is 90.8 cm³/mol. The van der Waals surface area contributed by atoms with Crippen molar-refractivity contribution < 1.29 is 9.47 Å². The number of nitrogens with two attached hydrogens (primary N) is 1. The van der Waals surface area contributed by atoms with E-state index in [1.807, 2.05) is 0 Å². The third kappa shape index (κ3) is 3.23. The molecule has 1 heterocycles. The lowest BCUT2D eigenvalue weighted by atomic mass is 9.84. The Morgan fingerprint density at radius 3 is 2.27 bits per heavy atom. The molecule has 2 rings (SSSR count). The number of nitrogens with zero attached hydrogens (tertiary/aromatic N) is 1. The molecule has 0 radical (unpaired) electrons. The molecule has 1 saturated heterocycles. The van der Waals surface area contributed by atoms with E-state index in [0.717, 1.165) is 31.0 Å². The van der Waals surface area contributed by atoms with Gasteiger partial charge in [-0.15, -0.1) is 0 Å². The van der Waals surface area contributed by atoms with Crippen LogP contribution >= 0.6 is 0 Å². The van der Waals surface area contributed by atoms with E-state index >= 15 is 0 Å². The fraction of sp³-hybridized carbons (Fsp3) is 0.667. The lowest BCUT2D eigenvalue weighted by Crippen LogP contribution is -2.21. The van der Waals surface area contributed by atoms with Gasteiger partial charge in [-0.25, -0.2) is 0 Å². The van der Waals surface area contributed by atoms with Crippen LogP contribution in [0.25, 0.3) is 0 Å². The summed E-state index contributed by atoms with van der Waals surface area (Å²) in [5.41, 5.74) is 8.25. The molecule has 4 heteroatoms. The van der Waals surface area contributed by atoms with Crippen LogP contribution in [0.1, 0.15) is 44.4 Å². The van der Waals surface area contributed by atoms with Crippen LogP contribution < -0.4 is 15.2 Å². The van der Waals surface area contributed by atoms with E-state index in [2.05, 4.69) is 44.9 Å². The zero-order chi connectivity index (χ0) is 16.5. The first kappa shape index (κ1) is 17.1. The molecule has 1 aliphatic rings. The SMILES string of the molecule is COc1cc(C(C)(C)C)c(OC)cc1C1CC(CN)CN1C. The molecule has 0 amide bonds. The maximum absolute atomic E-state index is 5.86. The summed E-state index contributed by atoms with van der Waals surface area (Å²) in [7, 11) is 5.64. The predicted octanol–water partition coefficient (Wildman–Crippen LogP) is 2.95. The molecule has 4 nitrogen and oxygen atoms in total. The second-order valence-corrected chi connectivity index (χ2v) is 7.34. The van der Waals surface area contributed by atoms with Gasteiger partial charge < -0.3 is 15.2 Å². The average molecular weight is 306 g/mol. The summed E-state index contributed by atoms with van der Waals surface area (Å²) in [5, 5.41) is 0. The number of hydrogen-bond acceptors (Lipinski definition) is 4. The van der Waals surface area contributed by atoms with Crippen molar-refractivity contribution in [3.05, 3.63) is 23.3 Å². The molecule has 0 aliphatic carbocycles. The maximum Gasteiger partial charge on any atom is 0.124 e. The van der Waals surface area contributed by atoms with E-state index < -0.39 is 0 Å². The Hall–Kier alpha value is -1.26. The second-order valence-electron chi connectivity index (χ2n) is 7.34. The van der Waals surface area contributed by atoms with E-state index in [9.17, 15) is 0 Å². The molecule has 2 atom stereocenters. The van der Waals surface area contributed by atoms with Gasteiger partial charge in [-0.3, -0.25) is 4.90 Å². The van der Waals surface area contributed by atoms with Crippen LogP contribution in [0.3, 0.4) is 0 Å². The van der Waals surface area contributed by atoms with Crippen molar-refractivity contribution in [3.8, 4) is 11.5 Å². The Morgan fingerprint density at radius 1 is 1.18 bits per heavy atom. The van der Waals surface area contributed by atoms with Crippen molar-refractivity contribution in [2.45, 2.75) is 38.6 Å². The highest BCUT2D eigenvalue weighted by Crippen LogP contribution is 2.43. The molecule has 124 valence electrons. The molecule has 0 spiro atoms. The van der Waals surface area contributed by atoms with Gasteiger partial charge >= 0.3 is 0 Å². The van der Waals surface area contributed by atoms with Crippen molar-refractivity contribution in [2.24, 2.45) is 11.7 Å². The Labute approximate surface area is 134 Å². The van der Waals surface area contributed by atoms with Gasteiger partial charge in [0.25, 0.3) is 0 Å². The van der Waals surface area contributed by atoms with Crippen LogP contribution in [-0.4, -0.2) is 39.3 Å². The molecule has 0 aromatic heterocycles. The summed E-state index contributed by atoms with van der Waals surface area (Å²) in [5.74, 6) is 2.43. The first-order valence-electron chi connectivity index (χ1n) is 7.98. The first-order chi connectivity index (χ1) is 10.3. The van der Waals surface area contributed by atoms with E-state index in [-0.39, 0.29) is 5.41 Å². The molecular weight excluding hydrogens is 276 g/mol. The molecule has 2 N–H and O–H groups in total. The fourth-order valence-corrected chi connectivity index (χ4v) is 3.41. The van der Waals surface area contributed by atoms with Crippen LogP contribution in [0.15, 0.2) is 12.1 Å². The number of rotatable bonds is 4. The minimum absolute atomic E-state index is 0.0124. The zero-order valence-electron chi connectivity index (χ0n) is 14.8. The minimum atomic E-state index is 0.0124. The zero-order valence-corrected chi connectivity index (χ0v) is 14.8. The monoisotopic (exact) mass is 306 g/mol. The highest BCUT2D eigenvalue weighted by Gasteiger charge is 2.33. The quantitative estimate of drug-likeness (QED) is 0.929. The van der Waals surface area contributed by atoms with Gasteiger partial charge in [0.05, 0.1) is 14.2 Å². The van der Waals surface area contributed by atoms with E-state index in [1.54, 1.807) is 14.2 Å². The van der Waals surface area contributed by atoms with Gasteiger partial charge in [0, 0.05) is 23.7 Å². The normalized spacial score (nSPS) is 22.9. The van der Waals surface area contributed by atoms with Crippen molar-refractivity contribution in [1.29, 1.82) is 0 Å². The van der Waals surface area contributed by atoms with Gasteiger partial charge in [0.15, 0.2) is 0 Å². The molecule has 1 aliphatic heterocycles. The third-order valence-corrected chi connectivity index (χ3v) is 4.69. The largest absolute Gasteiger partial charge is 0.496 e. The number of benzene rings is 1. The smallest absolute Gasteiger partial charge is 0.124 e. The van der Waals surface area contributed by atoms with Gasteiger partial charge in [-0.2, -0.15) is 0 Å². The van der Waals surface area contributed by atoms with E-state index in [0.29, 0.717) is 12.0 Å². The number of methoxy groups -OCH3 is 2. The third-order valence-electron chi connectivity index (χ3n) is 4.69. The number of likely N-dealkylation sites (tertiary alicyclic amines) is 1. The first-order valence-corrected chi connectivity index (χ1v) is 7.98. The van der Waals surface area contributed by atoms with Crippen molar-refractivity contribution in [1.82, 2.24) is 4.90 Å². The Bertz CT molecular complexity index is 523. The molecular formula is C18H30N2O2. The molecule has 1 fully saturated rings. The number of ether oxygens (including phenoxy) is 2. The Balaban J connectivity index is 2.48. The summed E-state index contributed by atoms with van der Waals surface area (Å²) < 4.78 is 11.4. The lowest BCUT2D eigenvalue weighted by Gasteiger charge is -2.27. The van der Waals surface area contributed by atoms with Crippen LogP contribution in [0.5, 0.6) is 11.5 Å². The topological polar surface area (TPSA) is 47.7 Å². The van der Waals surface area contributed by atoms with Crippen LogP contribution in [0.2, 0.25) is 0 Å². The Kier molecular flexibility index (Phi) is 5.03. The van der Waals surface area contributed by atoms with Crippen molar-refractivity contribution in [2.75, 3.05) is 34.4 Å². The van der Waals surface area contributed by atoms with Gasteiger partial charge in [-0.05, 0) is 43.5 Å². The van der Waals surface area contributed by atoms with E-state index in [1.165, 1.54) is 11.1 Å². The fourth-order valence-electron chi connectivity index (χ4n) is 3.41. The van der Waals surface area contributed by atoms with Crippen molar-refractivity contribution >= 4 is 0 Å². The Morgan fingerprint density at radius 2 is 1.82 bits per heavy atom. The molecule has 2 unspecified atom stereocenters. The van der Waals surface area contributed by atoms with Crippen LogP contribution in [-0.2, 0) is 5.41 Å². The van der Waals surface area contributed by atoms with Crippen LogP contribution in [0, 0.1) is 5.92 Å². The molecule has 0 saturated carbocycles. The summed E-state index contributed by atoms with van der Waals surface area (Å²) in [6.07, 6.45) is 1.07. The highest BCUT2D eigenvalue weighted by molar-refractivity contribution is 5.50. The molecule has 0 bridgehead atoms. The summed E-state index contributed by atoms with van der Waals surface area (Å²) in [6.45, 7) is 8.34. The lowest BCUT2D eigenvalue weighted by molar-refractivity contribution is 0.300. The van der Waals surface area contributed by atoms with Crippen molar-refractivity contribution in [3.63, 3.8) is 0 Å². The minimum Gasteiger partial charge on any atom is -0.496 e. The average Bonchev–Trinajstić information content (AvgIpc) is 2.85. The highest BCUT2D eigenvalue weighted by atomic mass is 16.5. The second kappa shape index (κ2) is 6.47. The van der Waals surface area contributed by atoms with Gasteiger partial charge in [0.2, 0.25) is 0 Å². The summed E-state index contributed by atoms with van der Waals surface area (Å²) >= 11 is 0. The molecule has 22 heavy (non-hydrogen) atoms. The summed E-state index contributed by atoms with van der Waals surface area (Å²) in [6, 6.07) is 4.63. The summed E-state index contributed by atoms with van der Waals surface area (Å²) in [4.78, 5) is 2.37. The van der Waals surface area contributed by atoms with Gasteiger partial charge in [0.1, 0.15) is 11.5 Å². The van der Waals surface area contributed by atoms with E-state index in [4.69, 9.17) is 15.2 Å². The van der Waals surface area contributed by atoms with Crippen LogP contribution in [0.4, 0.5) is 0 Å². The standard InChI is InChI=1S/C18H30N2O2/c1-18(2,3)14-9-16(21-5)13(8-17(14)22-6)15-7-12(10-19)11-20(15)4/h8-9,12,15H,7,10-11,19H2,1-6H3. The van der Waals surface area contributed by atoms with Gasteiger partial charge in [-0.1, -0.05) is 20.8 Å². The molecule has 1 aromatic rings. The molecule has 1 aromatic carbocycles. The maximum atomic E-state index is 5.86. The number of hydrogen-bond donors (Lipinski definition) is 1.